The van der Waals surface area contributed by atoms with Crippen molar-refractivity contribution in [1.82, 2.24) is 20.0 Å². The highest BCUT2D eigenvalue weighted by molar-refractivity contribution is 5.75. The maximum absolute atomic E-state index is 12.0. The van der Waals surface area contributed by atoms with Crippen molar-refractivity contribution >= 4 is 5.91 Å². The Morgan fingerprint density at radius 1 is 1.33 bits per heavy atom. The first-order valence-corrected chi connectivity index (χ1v) is 7.04. The molecule has 1 N–H and O–H groups in total. The quantitative estimate of drug-likeness (QED) is 0.878. The van der Waals surface area contributed by atoms with Gasteiger partial charge in [0.05, 0.1) is 6.04 Å². The Hall–Kier alpha value is -2.14. The summed E-state index contributed by atoms with van der Waals surface area (Å²) in [5, 5.41) is 7.02. The van der Waals surface area contributed by atoms with Crippen LogP contribution < -0.4 is 5.32 Å². The van der Waals surface area contributed by atoms with Crippen molar-refractivity contribution in [2.24, 2.45) is 0 Å². The molecule has 112 valence electrons. The predicted octanol–water partition coefficient (Wildman–Crippen LogP) is 1.61. The summed E-state index contributed by atoms with van der Waals surface area (Å²) in [5.74, 6) is -0.0286. The van der Waals surface area contributed by atoms with Crippen LogP contribution in [0, 0.1) is 6.92 Å². The second-order valence-electron chi connectivity index (χ2n) is 5.34. The number of likely N-dealkylation sites (N-methyl/N-ethyl adjacent to an activating group) is 1. The number of benzene rings is 1. The van der Waals surface area contributed by atoms with Crippen LogP contribution in [0.5, 0.6) is 0 Å². The molecule has 1 heterocycles. The van der Waals surface area contributed by atoms with Crippen LogP contribution in [-0.2, 0) is 11.3 Å². The van der Waals surface area contributed by atoms with Gasteiger partial charge >= 0.3 is 0 Å². The monoisotopic (exact) mass is 286 g/mol. The van der Waals surface area contributed by atoms with Crippen molar-refractivity contribution in [2.75, 3.05) is 20.6 Å². The van der Waals surface area contributed by atoms with Crippen LogP contribution in [0.2, 0.25) is 0 Å². The Kier molecular flexibility index (Phi) is 5.11. The lowest BCUT2D eigenvalue weighted by molar-refractivity contribution is -0.122. The molecule has 0 saturated carbocycles. The summed E-state index contributed by atoms with van der Waals surface area (Å²) in [7, 11) is 4.05. The molecule has 0 aliphatic heterocycles. The molecule has 0 bridgehead atoms. The second-order valence-corrected chi connectivity index (χ2v) is 5.34. The van der Waals surface area contributed by atoms with Crippen molar-refractivity contribution in [3.63, 3.8) is 0 Å². The fraction of sp³-hybridized carbons (Fsp3) is 0.375. The number of aromatic nitrogens is 2. The van der Waals surface area contributed by atoms with E-state index < -0.39 is 0 Å². The number of nitrogens with zero attached hydrogens (tertiary/aromatic N) is 3. The van der Waals surface area contributed by atoms with Crippen LogP contribution in [0.15, 0.2) is 42.7 Å². The fourth-order valence-corrected chi connectivity index (χ4v) is 2.34. The Bertz CT molecular complexity index is 578. The van der Waals surface area contributed by atoms with Crippen molar-refractivity contribution in [3.05, 3.63) is 53.9 Å². The molecule has 0 saturated heterocycles. The standard InChI is InChI=1S/C16H22N4O/c1-13-7-4-5-8-14(13)15(19(2)3)11-17-16(21)12-20-10-6-9-18-20/h4-10,15H,11-12H2,1-3H3,(H,17,21). The molecule has 2 rings (SSSR count). The van der Waals surface area contributed by atoms with Crippen LogP contribution in [-0.4, -0.2) is 41.2 Å². The lowest BCUT2D eigenvalue weighted by Crippen LogP contribution is -2.36. The predicted molar refractivity (Wildman–Crippen MR) is 82.8 cm³/mol. The van der Waals surface area contributed by atoms with Crippen LogP contribution in [0.25, 0.3) is 0 Å². The van der Waals surface area contributed by atoms with Gasteiger partial charge in [-0.2, -0.15) is 5.10 Å². The minimum absolute atomic E-state index is 0.0286. The molecular formula is C16H22N4O. The fourth-order valence-electron chi connectivity index (χ4n) is 2.34. The average Bonchev–Trinajstić information content (AvgIpc) is 2.93. The van der Waals surface area contributed by atoms with E-state index in [1.54, 1.807) is 17.1 Å². The molecule has 1 aromatic carbocycles. The molecule has 5 nitrogen and oxygen atoms in total. The third kappa shape index (κ3) is 4.16. The van der Waals surface area contributed by atoms with E-state index in [0.717, 1.165) is 0 Å². The molecule has 0 radical (unpaired) electrons. The Morgan fingerprint density at radius 2 is 2.10 bits per heavy atom. The number of amides is 1. The van der Waals surface area contributed by atoms with Gasteiger partial charge in [-0.3, -0.25) is 9.48 Å². The number of hydrogen-bond donors (Lipinski definition) is 1. The SMILES string of the molecule is Cc1ccccc1C(CNC(=O)Cn1cccn1)N(C)C. The normalized spacial score (nSPS) is 12.4. The molecule has 1 unspecified atom stereocenters. The molecule has 1 aromatic heterocycles. The number of aryl methyl sites for hydroxylation is 1. The number of nitrogens with one attached hydrogen (secondary N) is 1. The highest BCUT2D eigenvalue weighted by Gasteiger charge is 2.16. The zero-order chi connectivity index (χ0) is 15.2. The van der Waals surface area contributed by atoms with E-state index in [1.807, 2.05) is 32.3 Å². The van der Waals surface area contributed by atoms with E-state index in [2.05, 4.69) is 34.4 Å². The largest absolute Gasteiger partial charge is 0.353 e. The molecule has 0 fully saturated rings. The maximum atomic E-state index is 12.0. The van der Waals surface area contributed by atoms with E-state index in [9.17, 15) is 4.79 Å². The minimum atomic E-state index is -0.0286. The third-order valence-electron chi connectivity index (χ3n) is 3.53. The maximum Gasteiger partial charge on any atom is 0.241 e. The van der Waals surface area contributed by atoms with Gasteiger partial charge in [0.25, 0.3) is 0 Å². The molecular weight excluding hydrogens is 264 g/mol. The van der Waals surface area contributed by atoms with Gasteiger partial charge in [-0.25, -0.2) is 0 Å². The lowest BCUT2D eigenvalue weighted by Gasteiger charge is -2.26. The first-order chi connectivity index (χ1) is 10.1. The first-order valence-electron chi connectivity index (χ1n) is 7.04. The van der Waals surface area contributed by atoms with Gasteiger partial charge in [-0.15, -0.1) is 0 Å². The molecule has 2 aromatic rings. The molecule has 1 atom stereocenters. The zero-order valence-corrected chi connectivity index (χ0v) is 12.8. The van der Waals surface area contributed by atoms with Crippen LogP contribution in [0.4, 0.5) is 0 Å². The van der Waals surface area contributed by atoms with E-state index in [4.69, 9.17) is 0 Å². The van der Waals surface area contributed by atoms with Crippen molar-refractivity contribution in [2.45, 2.75) is 19.5 Å². The van der Waals surface area contributed by atoms with Crippen LogP contribution in [0.3, 0.4) is 0 Å². The summed E-state index contributed by atoms with van der Waals surface area (Å²) in [6.07, 6.45) is 3.45. The Balaban J connectivity index is 1.98. The summed E-state index contributed by atoms with van der Waals surface area (Å²) in [6.45, 7) is 2.93. The lowest BCUT2D eigenvalue weighted by atomic mass is 10.0. The van der Waals surface area contributed by atoms with E-state index >= 15 is 0 Å². The van der Waals surface area contributed by atoms with Gasteiger partial charge < -0.3 is 10.2 Å². The van der Waals surface area contributed by atoms with Crippen molar-refractivity contribution in [1.29, 1.82) is 0 Å². The Labute approximate surface area is 125 Å². The summed E-state index contributed by atoms with van der Waals surface area (Å²) in [6, 6.07) is 10.2. The van der Waals surface area contributed by atoms with Gasteiger partial charge in [0, 0.05) is 18.9 Å². The van der Waals surface area contributed by atoms with Gasteiger partial charge in [0.1, 0.15) is 6.54 Å². The molecule has 5 heteroatoms. The summed E-state index contributed by atoms with van der Waals surface area (Å²) in [5.41, 5.74) is 2.47. The smallest absolute Gasteiger partial charge is 0.241 e. The number of hydrogen-bond acceptors (Lipinski definition) is 3. The minimum Gasteiger partial charge on any atom is -0.353 e. The highest BCUT2D eigenvalue weighted by Crippen LogP contribution is 2.20. The van der Waals surface area contributed by atoms with Crippen LogP contribution >= 0.6 is 0 Å². The molecule has 0 spiro atoms. The van der Waals surface area contributed by atoms with Gasteiger partial charge in [0.15, 0.2) is 0 Å². The molecule has 0 aliphatic carbocycles. The Morgan fingerprint density at radius 3 is 2.71 bits per heavy atom. The van der Waals surface area contributed by atoms with Crippen LogP contribution in [0.1, 0.15) is 17.2 Å². The van der Waals surface area contributed by atoms with Gasteiger partial charge in [0.2, 0.25) is 5.91 Å². The molecule has 0 aliphatic rings. The topological polar surface area (TPSA) is 50.2 Å². The molecule has 21 heavy (non-hydrogen) atoms. The van der Waals surface area contributed by atoms with Gasteiger partial charge in [-0.1, -0.05) is 24.3 Å². The summed E-state index contributed by atoms with van der Waals surface area (Å²) >= 11 is 0. The van der Waals surface area contributed by atoms with Gasteiger partial charge in [-0.05, 0) is 38.2 Å². The third-order valence-corrected chi connectivity index (χ3v) is 3.53. The number of rotatable bonds is 6. The summed E-state index contributed by atoms with van der Waals surface area (Å²) in [4.78, 5) is 14.1. The molecule has 1 amide bonds. The number of carbonyl (C=O) groups is 1. The zero-order valence-electron chi connectivity index (χ0n) is 12.8. The van der Waals surface area contributed by atoms with E-state index in [-0.39, 0.29) is 18.5 Å². The van der Waals surface area contributed by atoms with Crippen molar-refractivity contribution < 1.29 is 4.79 Å². The van der Waals surface area contributed by atoms with Crippen molar-refractivity contribution in [3.8, 4) is 0 Å². The highest BCUT2D eigenvalue weighted by atomic mass is 16.2. The summed E-state index contributed by atoms with van der Waals surface area (Å²) < 4.78 is 1.62. The first kappa shape index (κ1) is 15.3. The van der Waals surface area contributed by atoms with E-state index in [1.165, 1.54) is 11.1 Å². The average molecular weight is 286 g/mol. The second kappa shape index (κ2) is 7.04. The number of carbonyl (C=O) groups excluding carboxylic acids is 1. The van der Waals surface area contributed by atoms with E-state index in [0.29, 0.717) is 6.54 Å².